The second-order valence-corrected chi connectivity index (χ2v) is 3.77. The molecule has 0 bridgehead atoms. The summed E-state index contributed by atoms with van der Waals surface area (Å²) in [6.45, 7) is 2.39. The first-order chi connectivity index (χ1) is 8.54. The molecule has 1 aromatic carbocycles. The van der Waals surface area contributed by atoms with Gasteiger partial charge in [-0.3, -0.25) is 0 Å². The summed E-state index contributed by atoms with van der Waals surface area (Å²) in [7, 11) is 0. The first-order valence-electron chi connectivity index (χ1n) is 5.38. The fourth-order valence-electron chi connectivity index (χ4n) is 1.72. The largest absolute Gasteiger partial charge is 0.380 e. The molecule has 0 spiro atoms. The third-order valence-electron chi connectivity index (χ3n) is 2.65. The Balaban J connectivity index is 2.43. The van der Waals surface area contributed by atoms with E-state index < -0.39 is 23.6 Å². The van der Waals surface area contributed by atoms with Gasteiger partial charge in [-0.15, -0.1) is 0 Å². The summed E-state index contributed by atoms with van der Waals surface area (Å²) in [6, 6.07) is 1.52. The third-order valence-corrected chi connectivity index (χ3v) is 2.65. The lowest BCUT2D eigenvalue weighted by atomic mass is 10.1. The Hall–Kier alpha value is -1.82. The number of aliphatic hydroxyl groups is 1. The number of imidazole rings is 1. The highest BCUT2D eigenvalue weighted by Gasteiger charge is 2.20. The first kappa shape index (κ1) is 12.6. The van der Waals surface area contributed by atoms with Gasteiger partial charge in [0.25, 0.3) is 0 Å². The second-order valence-electron chi connectivity index (χ2n) is 3.77. The number of hydrogen-bond acceptors (Lipinski definition) is 2. The molecule has 96 valence electrons. The Morgan fingerprint density at radius 3 is 2.44 bits per heavy atom. The lowest BCUT2D eigenvalue weighted by Gasteiger charge is -2.13. The van der Waals surface area contributed by atoms with E-state index in [1.54, 1.807) is 10.8 Å². The molecule has 0 amide bonds. The lowest BCUT2D eigenvalue weighted by Crippen LogP contribution is -2.10. The standard InChI is InChI=1S/C12H11F3N2O/c1-2-17-4-3-16-12(17)11(18)7-5-8(13)10(15)9(14)6-7/h3-6,11,18H,2H2,1H3. The number of benzene rings is 1. The van der Waals surface area contributed by atoms with E-state index in [1.807, 2.05) is 6.92 Å². The molecule has 1 atom stereocenters. The van der Waals surface area contributed by atoms with Crippen molar-refractivity contribution in [3.63, 3.8) is 0 Å². The van der Waals surface area contributed by atoms with Gasteiger partial charge >= 0.3 is 0 Å². The van der Waals surface area contributed by atoms with E-state index in [2.05, 4.69) is 4.98 Å². The zero-order chi connectivity index (χ0) is 13.3. The Labute approximate surface area is 102 Å². The summed E-state index contributed by atoms with van der Waals surface area (Å²) < 4.78 is 40.6. The van der Waals surface area contributed by atoms with Crippen LogP contribution < -0.4 is 0 Å². The van der Waals surface area contributed by atoms with Crippen LogP contribution >= 0.6 is 0 Å². The van der Waals surface area contributed by atoms with E-state index in [-0.39, 0.29) is 11.4 Å². The molecule has 0 saturated carbocycles. The van der Waals surface area contributed by atoms with Gasteiger partial charge in [0, 0.05) is 18.9 Å². The Kier molecular flexibility index (Phi) is 3.38. The number of hydrogen-bond donors (Lipinski definition) is 1. The predicted octanol–water partition coefficient (Wildman–Crippen LogP) is 2.40. The Bertz CT molecular complexity index is 545. The smallest absolute Gasteiger partial charge is 0.194 e. The van der Waals surface area contributed by atoms with Gasteiger partial charge in [-0.1, -0.05) is 0 Å². The average molecular weight is 256 g/mol. The van der Waals surface area contributed by atoms with Gasteiger partial charge in [0.05, 0.1) is 0 Å². The van der Waals surface area contributed by atoms with E-state index in [1.165, 1.54) is 6.20 Å². The highest BCUT2D eigenvalue weighted by Crippen LogP contribution is 2.24. The minimum Gasteiger partial charge on any atom is -0.380 e. The molecule has 6 heteroatoms. The number of rotatable bonds is 3. The van der Waals surface area contributed by atoms with E-state index in [9.17, 15) is 18.3 Å². The van der Waals surface area contributed by atoms with Crippen molar-refractivity contribution in [2.75, 3.05) is 0 Å². The minimum atomic E-state index is -1.55. The number of aliphatic hydroxyl groups excluding tert-OH is 1. The van der Waals surface area contributed by atoms with Crippen molar-refractivity contribution in [2.24, 2.45) is 0 Å². The number of aromatic nitrogens is 2. The SMILES string of the molecule is CCn1ccnc1C(O)c1cc(F)c(F)c(F)c1. The molecule has 3 nitrogen and oxygen atoms in total. The van der Waals surface area contributed by atoms with Crippen LogP contribution in [0.15, 0.2) is 24.5 Å². The van der Waals surface area contributed by atoms with Crippen LogP contribution in [0.4, 0.5) is 13.2 Å². The van der Waals surface area contributed by atoms with Crippen molar-refractivity contribution in [3.05, 3.63) is 53.4 Å². The van der Waals surface area contributed by atoms with Gasteiger partial charge in [0.1, 0.15) is 11.9 Å². The highest BCUT2D eigenvalue weighted by atomic mass is 19.2. The molecule has 2 rings (SSSR count). The van der Waals surface area contributed by atoms with E-state index in [0.29, 0.717) is 6.54 Å². The first-order valence-corrected chi connectivity index (χ1v) is 5.38. The van der Waals surface area contributed by atoms with Crippen molar-refractivity contribution >= 4 is 0 Å². The Morgan fingerprint density at radius 2 is 1.89 bits per heavy atom. The summed E-state index contributed by atoms with van der Waals surface area (Å²) in [5.74, 6) is -3.97. The highest BCUT2D eigenvalue weighted by molar-refractivity contribution is 5.25. The fourth-order valence-corrected chi connectivity index (χ4v) is 1.72. The van der Waals surface area contributed by atoms with Gasteiger partial charge in [-0.05, 0) is 24.6 Å². The van der Waals surface area contributed by atoms with Crippen molar-refractivity contribution < 1.29 is 18.3 Å². The molecule has 1 heterocycles. The molecule has 2 aromatic rings. The zero-order valence-electron chi connectivity index (χ0n) is 9.57. The monoisotopic (exact) mass is 256 g/mol. The predicted molar refractivity (Wildman–Crippen MR) is 58.3 cm³/mol. The summed E-state index contributed by atoms with van der Waals surface area (Å²) in [4.78, 5) is 3.92. The van der Waals surface area contributed by atoms with E-state index in [4.69, 9.17) is 0 Å². The van der Waals surface area contributed by atoms with Gasteiger partial charge in [0.15, 0.2) is 17.5 Å². The summed E-state index contributed by atoms with van der Waals surface area (Å²) >= 11 is 0. The van der Waals surface area contributed by atoms with E-state index >= 15 is 0 Å². The maximum absolute atomic E-state index is 13.1. The van der Waals surface area contributed by atoms with E-state index in [0.717, 1.165) is 12.1 Å². The molecule has 0 aliphatic heterocycles. The maximum Gasteiger partial charge on any atom is 0.194 e. The molecule has 0 aliphatic carbocycles. The molecule has 0 radical (unpaired) electrons. The molecule has 0 saturated heterocycles. The van der Waals surface area contributed by atoms with Crippen LogP contribution in [-0.2, 0) is 6.54 Å². The van der Waals surface area contributed by atoms with Crippen LogP contribution in [0.5, 0.6) is 0 Å². The van der Waals surface area contributed by atoms with Crippen LogP contribution in [0, 0.1) is 17.5 Å². The molecular formula is C12H11F3N2O. The number of aryl methyl sites for hydroxylation is 1. The Morgan fingerprint density at radius 1 is 1.28 bits per heavy atom. The summed E-state index contributed by atoms with van der Waals surface area (Å²) in [6.07, 6.45) is 1.80. The summed E-state index contributed by atoms with van der Waals surface area (Å²) in [5.41, 5.74) is -0.0766. The summed E-state index contributed by atoms with van der Waals surface area (Å²) in [5, 5.41) is 9.99. The second kappa shape index (κ2) is 4.81. The van der Waals surface area contributed by atoms with Crippen molar-refractivity contribution in [3.8, 4) is 0 Å². The molecule has 0 aliphatic rings. The third kappa shape index (κ3) is 2.11. The molecular weight excluding hydrogens is 245 g/mol. The van der Waals surface area contributed by atoms with Crippen LogP contribution in [0.1, 0.15) is 24.4 Å². The quantitative estimate of drug-likeness (QED) is 0.856. The topological polar surface area (TPSA) is 38.0 Å². The maximum atomic E-state index is 13.1. The van der Waals surface area contributed by atoms with Crippen LogP contribution in [-0.4, -0.2) is 14.7 Å². The number of halogens is 3. The van der Waals surface area contributed by atoms with Crippen LogP contribution in [0.25, 0.3) is 0 Å². The molecule has 1 aromatic heterocycles. The van der Waals surface area contributed by atoms with Gasteiger partial charge in [-0.25, -0.2) is 18.2 Å². The van der Waals surface area contributed by atoms with Crippen LogP contribution in [0.3, 0.4) is 0 Å². The van der Waals surface area contributed by atoms with Gasteiger partial charge in [-0.2, -0.15) is 0 Å². The van der Waals surface area contributed by atoms with Crippen molar-refractivity contribution in [1.82, 2.24) is 9.55 Å². The zero-order valence-corrected chi connectivity index (χ0v) is 9.57. The van der Waals surface area contributed by atoms with Gasteiger partial charge < -0.3 is 9.67 Å². The number of nitrogens with zero attached hydrogens (tertiary/aromatic N) is 2. The van der Waals surface area contributed by atoms with Crippen molar-refractivity contribution in [2.45, 2.75) is 19.6 Å². The lowest BCUT2D eigenvalue weighted by molar-refractivity contribution is 0.203. The van der Waals surface area contributed by atoms with Crippen molar-refractivity contribution in [1.29, 1.82) is 0 Å². The normalized spacial score (nSPS) is 12.7. The average Bonchev–Trinajstić information content (AvgIpc) is 2.82. The molecule has 1 unspecified atom stereocenters. The molecule has 1 N–H and O–H groups in total. The van der Waals surface area contributed by atoms with Gasteiger partial charge in [0.2, 0.25) is 0 Å². The minimum absolute atomic E-state index is 0.0766. The molecule has 0 fully saturated rings. The molecule has 18 heavy (non-hydrogen) atoms. The fraction of sp³-hybridized carbons (Fsp3) is 0.250. The van der Waals surface area contributed by atoms with Crippen LogP contribution in [0.2, 0.25) is 0 Å².